The maximum Gasteiger partial charge on any atom is -0.0323 e. The molecule has 0 heterocycles. The lowest BCUT2D eigenvalue weighted by Gasteiger charge is -2.16. The summed E-state index contributed by atoms with van der Waals surface area (Å²) in [6.45, 7) is 11.0. The molecule has 0 saturated carbocycles. The Morgan fingerprint density at radius 1 is 0.636 bits per heavy atom. The molecular weight excluding hydrogens is 264 g/mol. The molecule has 0 spiro atoms. The van der Waals surface area contributed by atoms with Crippen LogP contribution in [-0.4, -0.2) is 0 Å². The fourth-order valence-corrected chi connectivity index (χ4v) is 3.39. The second-order valence-corrected chi connectivity index (χ2v) is 7.27. The van der Waals surface area contributed by atoms with Crippen LogP contribution in [0.25, 0.3) is 0 Å². The topological polar surface area (TPSA) is 0 Å². The van der Waals surface area contributed by atoms with Crippen molar-refractivity contribution < 1.29 is 0 Å². The SMILES string of the molecule is C=C(CC)CCCCCCCC(CCC)CCCCCCC. The molecule has 0 aliphatic rings. The monoisotopic (exact) mass is 308 g/mol. The minimum Gasteiger partial charge on any atom is -0.0999 e. The first-order chi connectivity index (χ1) is 10.7. The van der Waals surface area contributed by atoms with Crippen LogP contribution in [0.15, 0.2) is 12.2 Å². The Morgan fingerprint density at radius 3 is 1.73 bits per heavy atom. The minimum absolute atomic E-state index is 1.02. The van der Waals surface area contributed by atoms with Crippen molar-refractivity contribution in [2.75, 3.05) is 0 Å². The van der Waals surface area contributed by atoms with Crippen LogP contribution in [-0.2, 0) is 0 Å². The van der Waals surface area contributed by atoms with Crippen LogP contribution in [0.3, 0.4) is 0 Å². The summed E-state index contributed by atoms with van der Waals surface area (Å²) in [6, 6.07) is 0. The molecule has 0 heteroatoms. The molecule has 0 nitrogen and oxygen atoms in total. The third kappa shape index (κ3) is 14.7. The third-order valence-corrected chi connectivity index (χ3v) is 5.06. The van der Waals surface area contributed by atoms with Gasteiger partial charge in [-0.15, -0.1) is 0 Å². The lowest BCUT2D eigenvalue weighted by Crippen LogP contribution is -2.00. The highest BCUT2D eigenvalue weighted by molar-refractivity contribution is 4.91. The van der Waals surface area contributed by atoms with Crippen molar-refractivity contribution in [3.63, 3.8) is 0 Å². The summed E-state index contributed by atoms with van der Waals surface area (Å²) < 4.78 is 0. The van der Waals surface area contributed by atoms with Gasteiger partial charge in [0, 0.05) is 0 Å². The van der Waals surface area contributed by atoms with E-state index in [0.29, 0.717) is 0 Å². The van der Waals surface area contributed by atoms with E-state index in [2.05, 4.69) is 27.4 Å². The highest BCUT2D eigenvalue weighted by Crippen LogP contribution is 2.23. The highest BCUT2D eigenvalue weighted by Gasteiger charge is 2.07. The summed E-state index contributed by atoms with van der Waals surface area (Å²) in [7, 11) is 0. The van der Waals surface area contributed by atoms with Crippen LogP contribution in [0.4, 0.5) is 0 Å². The fraction of sp³-hybridized carbons (Fsp3) is 0.909. The van der Waals surface area contributed by atoms with Crippen molar-refractivity contribution in [3.05, 3.63) is 12.2 Å². The van der Waals surface area contributed by atoms with Gasteiger partial charge < -0.3 is 0 Å². The van der Waals surface area contributed by atoms with Crippen LogP contribution >= 0.6 is 0 Å². The van der Waals surface area contributed by atoms with E-state index in [-0.39, 0.29) is 0 Å². The van der Waals surface area contributed by atoms with Crippen LogP contribution in [0.1, 0.15) is 124 Å². The Morgan fingerprint density at radius 2 is 1.18 bits per heavy atom. The smallest absolute Gasteiger partial charge is 0.0323 e. The summed E-state index contributed by atoms with van der Waals surface area (Å²) in [5.41, 5.74) is 1.44. The molecule has 132 valence electrons. The zero-order valence-electron chi connectivity index (χ0n) is 16.1. The fourth-order valence-electron chi connectivity index (χ4n) is 3.39. The Hall–Kier alpha value is -0.260. The van der Waals surface area contributed by atoms with E-state index in [1.165, 1.54) is 102 Å². The van der Waals surface area contributed by atoms with Crippen LogP contribution in [0, 0.1) is 5.92 Å². The number of hydrogen-bond acceptors (Lipinski definition) is 0. The van der Waals surface area contributed by atoms with E-state index in [0.717, 1.165) is 12.3 Å². The van der Waals surface area contributed by atoms with E-state index >= 15 is 0 Å². The van der Waals surface area contributed by atoms with Gasteiger partial charge in [-0.2, -0.15) is 0 Å². The summed E-state index contributed by atoms with van der Waals surface area (Å²) in [6.07, 6.45) is 22.6. The van der Waals surface area contributed by atoms with Gasteiger partial charge in [0.1, 0.15) is 0 Å². The molecule has 0 radical (unpaired) electrons. The summed E-state index contributed by atoms with van der Waals surface area (Å²) in [4.78, 5) is 0. The Kier molecular flexibility index (Phi) is 16.9. The maximum atomic E-state index is 4.10. The number of unbranched alkanes of at least 4 members (excludes halogenated alkanes) is 8. The summed E-state index contributed by atoms with van der Waals surface area (Å²) in [5.74, 6) is 1.02. The molecule has 1 atom stereocenters. The van der Waals surface area contributed by atoms with Crippen LogP contribution in [0.2, 0.25) is 0 Å². The molecule has 1 unspecified atom stereocenters. The van der Waals surface area contributed by atoms with E-state index in [1.807, 2.05) is 0 Å². The second kappa shape index (κ2) is 17.1. The van der Waals surface area contributed by atoms with Gasteiger partial charge in [-0.25, -0.2) is 0 Å². The van der Waals surface area contributed by atoms with Crippen LogP contribution in [0.5, 0.6) is 0 Å². The predicted molar refractivity (Wildman–Crippen MR) is 104 cm³/mol. The van der Waals surface area contributed by atoms with Crippen molar-refractivity contribution >= 4 is 0 Å². The largest absolute Gasteiger partial charge is 0.0999 e. The molecule has 0 fully saturated rings. The maximum absolute atomic E-state index is 4.10. The van der Waals surface area contributed by atoms with Crippen molar-refractivity contribution in [2.45, 2.75) is 124 Å². The molecule has 0 aromatic carbocycles. The van der Waals surface area contributed by atoms with E-state index in [1.54, 1.807) is 0 Å². The lowest BCUT2D eigenvalue weighted by molar-refractivity contribution is 0.378. The predicted octanol–water partition coefficient (Wildman–Crippen LogP) is 8.46. The molecule has 0 aromatic rings. The lowest BCUT2D eigenvalue weighted by atomic mass is 9.90. The van der Waals surface area contributed by atoms with Gasteiger partial charge in [0.2, 0.25) is 0 Å². The van der Waals surface area contributed by atoms with Gasteiger partial charge in [0.15, 0.2) is 0 Å². The zero-order valence-corrected chi connectivity index (χ0v) is 16.1. The molecule has 0 bridgehead atoms. The van der Waals surface area contributed by atoms with Crippen molar-refractivity contribution in [3.8, 4) is 0 Å². The molecule has 0 aliphatic carbocycles. The Bertz CT molecular complexity index is 228. The van der Waals surface area contributed by atoms with Crippen molar-refractivity contribution in [1.82, 2.24) is 0 Å². The number of hydrogen-bond donors (Lipinski definition) is 0. The Balaban J connectivity index is 3.50. The average Bonchev–Trinajstić information content (AvgIpc) is 2.53. The van der Waals surface area contributed by atoms with E-state index in [4.69, 9.17) is 0 Å². The zero-order chi connectivity index (χ0) is 16.5. The van der Waals surface area contributed by atoms with Crippen LogP contribution < -0.4 is 0 Å². The summed E-state index contributed by atoms with van der Waals surface area (Å²) >= 11 is 0. The van der Waals surface area contributed by atoms with Gasteiger partial charge >= 0.3 is 0 Å². The normalized spacial score (nSPS) is 12.5. The molecule has 0 amide bonds. The number of allylic oxidation sites excluding steroid dienone is 1. The molecule has 0 N–H and O–H groups in total. The molecular formula is C22H44. The molecule has 0 aromatic heterocycles. The second-order valence-electron chi connectivity index (χ2n) is 7.27. The standard InChI is InChI=1S/C22H44/c1-5-8-9-11-15-19-22(17-6-2)20-16-13-10-12-14-18-21(4)7-3/h22H,4-20H2,1-3H3. The van der Waals surface area contributed by atoms with Crippen molar-refractivity contribution in [2.24, 2.45) is 5.92 Å². The average molecular weight is 309 g/mol. The van der Waals surface area contributed by atoms with Gasteiger partial charge in [0.05, 0.1) is 0 Å². The number of rotatable bonds is 17. The quantitative estimate of drug-likeness (QED) is 0.187. The highest BCUT2D eigenvalue weighted by atomic mass is 14.1. The molecule has 0 rings (SSSR count). The molecule has 0 saturated heterocycles. The molecule has 22 heavy (non-hydrogen) atoms. The first-order valence-electron chi connectivity index (χ1n) is 10.4. The van der Waals surface area contributed by atoms with Gasteiger partial charge in [-0.3, -0.25) is 0 Å². The first-order valence-corrected chi connectivity index (χ1v) is 10.4. The van der Waals surface area contributed by atoms with E-state index < -0.39 is 0 Å². The minimum atomic E-state index is 1.02. The van der Waals surface area contributed by atoms with Gasteiger partial charge in [-0.1, -0.05) is 116 Å². The van der Waals surface area contributed by atoms with E-state index in [9.17, 15) is 0 Å². The van der Waals surface area contributed by atoms with Gasteiger partial charge in [0.25, 0.3) is 0 Å². The van der Waals surface area contributed by atoms with Gasteiger partial charge in [-0.05, 0) is 25.2 Å². The van der Waals surface area contributed by atoms with Crippen molar-refractivity contribution in [1.29, 1.82) is 0 Å². The molecule has 0 aliphatic heterocycles. The third-order valence-electron chi connectivity index (χ3n) is 5.06. The first kappa shape index (κ1) is 21.7. The Labute approximate surface area is 142 Å². The summed E-state index contributed by atoms with van der Waals surface area (Å²) in [5, 5.41) is 0.